The average molecular weight is 648 g/mol. The number of likely N-dealkylation sites (N-methyl/N-ethyl adjacent to an activating group) is 1. The Morgan fingerprint density at radius 3 is 2.04 bits per heavy atom. The third-order valence-corrected chi connectivity index (χ3v) is 10.2. The molecule has 0 saturated heterocycles. The molecule has 5 heteroatoms. The molecule has 0 fully saturated rings. The first-order valence-corrected chi connectivity index (χ1v) is 17.1. The van der Waals surface area contributed by atoms with E-state index in [4.69, 9.17) is 9.47 Å². The Morgan fingerprint density at radius 2 is 1.22 bits per heavy atom. The quantitative estimate of drug-likeness (QED) is 0.206. The largest absolute Gasteiger partial charge is 0.449 e. The summed E-state index contributed by atoms with van der Waals surface area (Å²) in [5.74, 6) is 2.91. The lowest BCUT2D eigenvalue weighted by Crippen LogP contribution is -2.41. The Hall–Kier alpha value is -6.30. The van der Waals surface area contributed by atoms with Crippen LogP contribution in [0.25, 0.3) is 44.0 Å². The van der Waals surface area contributed by atoms with Crippen LogP contribution in [-0.4, -0.2) is 16.5 Å². The fourth-order valence-corrected chi connectivity index (χ4v) is 7.72. The minimum atomic E-state index is -0.0399. The zero-order chi connectivity index (χ0) is 33.2. The topological polar surface area (TPSA) is 38.7 Å². The van der Waals surface area contributed by atoms with Crippen molar-refractivity contribution in [1.29, 1.82) is 0 Å². The van der Waals surface area contributed by atoms with Crippen molar-refractivity contribution in [3.63, 3.8) is 0 Å². The molecule has 5 nitrogen and oxygen atoms in total. The van der Waals surface area contributed by atoms with Gasteiger partial charge in [-0.25, -0.2) is 0 Å². The maximum Gasteiger partial charge on any atom is 0.194 e. The van der Waals surface area contributed by atoms with Gasteiger partial charge in [0.2, 0.25) is 0 Å². The smallest absolute Gasteiger partial charge is 0.194 e. The maximum atomic E-state index is 6.87. The highest BCUT2D eigenvalue weighted by Crippen LogP contribution is 2.53. The van der Waals surface area contributed by atoms with Crippen LogP contribution in [0.5, 0.6) is 23.0 Å². The van der Waals surface area contributed by atoms with Crippen molar-refractivity contribution in [2.24, 2.45) is 0 Å². The van der Waals surface area contributed by atoms with Crippen LogP contribution in [0.3, 0.4) is 0 Å². The first-order chi connectivity index (χ1) is 24.7. The fourth-order valence-electron chi connectivity index (χ4n) is 7.72. The van der Waals surface area contributed by atoms with E-state index in [0.717, 1.165) is 55.8 Å². The van der Waals surface area contributed by atoms with Crippen LogP contribution in [0.2, 0.25) is 0 Å². The number of para-hydroxylation sites is 1. The van der Waals surface area contributed by atoms with E-state index in [2.05, 4.69) is 161 Å². The van der Waals surface area contributed by atoms with Gasteiger partial charge < -0.3 is 19.4 Å². The number of nitrogens with one attached hydrogen (secondary N) is 1. The molecule has 7 aromatic carbocycles. The minimum absolute atomic E-state index is 0.0399. The predicted octanol–water partition coefficient (Wildman–Crippen LogP) is 11.2. The highest BCUT2D eigenvalue weighted by molar-refractivity contribution is 6.12. The SMILES string of the molecule is CN1C(c2ccccc2)C=C(c2ccccc2)NC1c1ccc(-n2c3ccccc3c3ccc4c(c32)Oc2c(ccc3ccccc23)O4)cc1. The number of ether oxygens (including phenoxy) is 2. The van der Waals surface area contributed by atoms with Gasteiger partial charge in [-0.1, -0.05) is 121 Å². The Balaban J connectivity index is 1.09. The van der Waals surface area contributed by atoms with Crippen LogP contribution in [-0.2, 0) is 0 Å². The average Bonchev–Trinajstić information content (AvgIpc) is 3.53. The van der Waals surface area contributed by atoms with Gasteiger partial charge in [0.05, 0.1) is 11.6 Å². The lowest BCUT2D eigenvalue weighted by molar-refractivity contribution is 0.176. The predicted molar refractivity (Wildman–Crippen MR) is 202 cm³/mol. The molecule has 1 aromatic heterocycles. The fraction of sp³-hybridized carbons (Fsp3) is 0.0667. The highest BCUT2D eigenvalue weighted by atomic mass is 16.6. The monoisotopic (exact) mass is 647 g/mol. The lowest BCUT2D eigenvalue weighted by atomic mass is 9.97. The van der Waals surface area contributed by atoms with Gasteiger partial charge in [0.1, 0.15) is 11.7 Å². The first kappa shape index (κ1) is 28.7. The number of benzene rings is 7. The zero-order valence-electron chi connectivity index (χ0n) is 27.5. The van der Waals surface area contributed by atoms with E-state index >= 15 is 0 Å². The molecule has 1 N–H and O–H groups in total. The van der Waals surface area contributed by atoms with Crippen molar-refractivity contribution in [1.82, 2.24) is 14.8 Å². The number of aromatic nitrogens is 1. The Kier molecular flexibility index (Phi) is 6.54. The van der Waals surface area contributed by atoms with Gasteiger partial charge in [-0.2, -0.15) is 0 Å². The third kappa shape index (κ3) is 4.51. The molecule has 50 heavy (non-hydrogen) atoms. The van der Waals surface area contributed by atoms with Crippen molar-refractivity contribution in [3.8, 4) is 28.7 Å². The molecule has 240 valence electrons. The molecule has 2 atom stereocenters. The summed E-state index contributed by atoms with van der Waals surface area (Å²) < 4.78 is 15.7. The molecule has 2 aliphatic heterocycles. The second-order valence-electron chi connectivity index (χ2n) is 13.1. The lowest BCUT2D eigenvalue weighted by Gasteiger charge is -2.40. The summed E-state index contributed by atoms with van der Waals surface area (Å²) in [6.45, 7) is 0. The van der Waals surface area contributed by atoms with Gasteiger partial charge in [0, 0.05) is 27.5 Å². The van der Waals surface area contributed by atoms with E-state index in [-0.39, 0.29) is 12.2 Å². The van der Waals surface area contributed by atoms with Gasteiger partial charge in [0.25, 0.3) is 0 Å². The molecule has 3 heterocycles. The summed E-state index contributed by atoms with van der Waals surface area (Å²) in [7, 11) is 2.19. The van der Waals surface area contributed by atoms with Gasteiger partial charge in [-0.15, -0.1) is 0 Å². The zero-order valence-corrected chi connectivity index (χ0v) is 27.5. The van der Waals surface area contributed by atoms with E-state index in [1.165, 1.54) is 22.1 Å². The molecule has 8 aromatic rings. The Bertz CT molecular complexity index is 2590. The molecule has 0 aliphatic carbocycles. The van der Waals surface area contributed by atoms with E-state index in [1.807, 2.05) is 24.3 Å². The summed E-state index contributed by atoms with van der Waals surface area (Å²) in [5, 5.41) is 8.28. The number of fused-ring (bicyclic) bond motifs is 8. The normalized spacial score (nSPS) is 17.0. The molecule has 0 spiro atoms. The summed E-state index contributed by atoms with van der Waals surface area (Å²) in [6, 6.07) is 55.5. The molecule has 0 saturated carbocycles. The Morgan fingerprint density at radius 1 is 0.540 bits per heavy atom. The first-order valence-electron chi connectivity index (χ1n) is 17.1. The van der Waals surface area contributed by atoms with Crippen LogP contribution >= 0.6 is 0 Å². The number of rotatable bonds is 4. The van der Waals surface area contributed by atoms with E-state index in [0.29, 0.717) is 5.75 Å². The minimum Gasteiger partial charge on any atom is -0.449 e. The van der Waals surface area contributed by atoms with Crippen LogP contribution in [0.4, 0.5) is 0 Å². The van der Waals surface area contributed by atoms with E-state index in [9.17, 15) is 0 Å². The molecular weight excluding hydrogens is 615 g/mol. The van der Waals surface area contributed by atoms with Crippen LogP contribution < -0.4 is 14.8 Å². The summed E-state index contributed by atoms with van der Waals surface area (Å²) >= 11 is 0. The van der Waals surface area contributed by atoms with E-state index < -0.39 is 0 Å². The summed E-state index contributed by atoms with van der Waals surface area (Å²) in [6.07, 6.45) is 2.29. The van der Waals surface area contributed by atoms with Crippen molar-refractivity contribution in [2.45, 2.75) is 12.2 Å². The molecule has 10 rings (SSSR count). The molecule has 2 aliphatic rings. The molecular formula is C45H33N3O2. The summed E-state index contributed by atoms with van der Waals surface area (Å²) in [4.78, 5) is 2.40. The second-order valence-corrected chi connectivity index (χ2v) is 13.1. The van der Waals surface area contributed by atoms with Gasteiger partial charge >= 0.3 is 0 Å². The molecule has 0 radical (unpaired) electrons. The van der Waals surface area contributed by atoms with Crippen molar-refractivity contribution < 1.29 is 9.47 Å². The summed E-state index contributed by atoms with van der Waals surface area (Å²) in [5.41, 5.74) is 7.90. The number of nitrogens with zero attached hydrogens (tertiary/aromatic N) is 2. The van der Waals surface area contributed by atoms with Crippen molar-refractivity contribution in [3.05, 3.63) is 180 Å². The standard InChI is InChI=1S/C45H33N3O2/c1-47-39(31-15-6-3-7-16-31)28-37(30-13-4-2-5-14-30)46-45(47)32-20-23-33(24-21-32)48-38-19-11-10-18-35(38)36-25-27-41-44(42(36)48)50-43-34-17-9-8-12-29(34)22-26-40(43)49-41/h2-28,39,45-46H,1H3. The van der Waals surface area contributed by atoms with Crippen LogP contribution in [0.15, 0.2) is 164 Å². The van der Waals surface area contributed by atoms with Gasteiger partial charge in [-0.3, -0.25) is 4.90 Å². The molecule has 0 amide bonds. The van der Waals surface area contributed by atoms with Crippen molar-refractivity contribution in [2.75, 3.05) is 7.05 Å². The third-order valence-electron chi connectivity index (χ3n) is 10.2. The van der Waals surface area contributed by atoms with Gasteiger partial charge in [0.15, 0.2) is 23.0 Å². The maximum absolute atomic E-state index is 6.87. The van der Waals surface area contributed by atoms with Crippen LogP contribution in [0, 0.1) is 0 Å². The molecule has 0 bridgehead atoms. The number of hydrogen-bond donors (Lipinski definition) is 1. The number of hydrogen-bond acceptors (Lipinski definition) is 4. The highest BCUT2D eigenvalue weighted by Gasteiger charge is 2.31. The second kappa shape index (κ2) is 11.4. The van der Waals surface area contributed by atoms with Crippen molar-refractivity contribution >= 4 is 38.3 Å². The van der Waals surface area contributed by atoms with Crippen LogP contribution in [0.1, 0.15) is 28.9 Å². The van der Waals surface area contributed by atoms with Gasteiger partial charge in [-0.05, 0) is 71.6 Å². The Labute approximate surface area is 290 Å². The molecule has 2 unspecified atom stereocenters. The van der Waals surface area contributed by atoms with E-state index in [1.54, 1.807) is 0 Å².